The molecule has 1 fully saturated rings. The van der Waals surface area contributed by atoms with Crippen LogP contribution < -0.4 is 20.5 Å². The SMILES string of the molecule is COc1cc(CC(=O)N2C[C@@H](OC)C[C@H]2COc2ccc(C(=O)O)cc2)ccc1NC(N)=O. The summed E-state index contributed by atoms with van der Waals surface area (Å²) in [5.74, 6) is -0.176. The van der Waals surface area contributed by atoms with E-state index in [9.17, 15) is 14.4 Å². The molecule has 2 aromatic rings. The van der Waals surface area contributed by atoms with Crippen molar-refractivity contribution in [3.8, 4) is 11.5 Å². The highest BCUT2D eigenvalue weighted by atomic mass is 16.5. The zero-order valence-corrected chi connectivity index (χ0v) is 18.4. The maximum atomic E-state index is 13.1. The molecule has 1 aliphatic rings. The van der Waals surface area contributed by atoms with Crippen molar-refractivity contribution in [2.75, 3.05) is 32.7 Å². The second kappa shape index (κ2) is 10.7. The van der Waals surface area contributed by atoms with E-state index >= 15 is 0 Å². The van der Waals surface area contributed by atoms with E-state index < -0.39 is 12.0 Å². The fourth-order valence-electron chi connectivity index (χ4n) is 3.75. The van der Waals surface area contributed by atoms with Gasteiger partial charge in [0, 0.05) is 13.7 Å². The van der Waals surface area contributed by atoms with Gasteiger partial charge in [0.25, 0.3) is 0 Å². The second-order valence-electron chi connectivity index (χ2n) is 7.63. The van der Waals surface area contributed by atoms with Crippen molar-refractivity contribution in [3.63, 3.8) is 0 Å². The lowest BCUT2D eigenvalue weighted by molar-refractivity contribution is -0.132. The van der Waals surface area contributed by atoms with Gasteiger partial charge in [-0.25, -0.2) is 9.59 Å². The molecule has 1 saturated heterocycles. The highest BCUT2D eigenvalue weighted by molar-refractivity contribution is 5.90. The van der Waals surface area contributed by atoms with E-state index in [4.69, 9.17) is 25.1 Å². The number of hydrogen-bond donors (Lipinski definition) is 3. The average Bonchev–Trinajstić information content (AvgIpc) is 3.22. The summed E-state index contributed by atoms with van der Waals surface area (Å²) in [5, 5.41) is 11.5. The predicted octanol–water partition coefficient (Wildman–Crippen LogP) is 2.12. The van der Waals surface area contributed by atoms with Crippen LogP contribution in [0.1, 0.15) is 22.3 Å². The number of carbonyl (C=O) groups is 3. The van der Waals surface area contributed by atoms with Crippen molar-refractivity contribution >= 4 is 23.6 Å². The van der Waals surface area contributed by atoms with Gasteiger partial charge in [-0.2, -0.15) is 0 Å². The minimum Gasteiger partial charge on any atom is -0.495 e. The Morgan fingerprint density at radius 1 is 1.15 bits per heavy atom. The number of methoxy groups -OCH3 is 2. The Bertz CT molecular complexity index is 1010. The normalized spacial score (nSPS) is 17.5. The molecule has 2 aromatic carbocycles. The Balaban J connectivity index is 1.67. The summed E-state index contributed by atoms with van der Waals surface area (Å²) in [7, 11) is 3.07. The summed E-state index contributed by atoms with van der Waals surface area (Å²) >= 11 is 0. The van der Waals surface area contributed by atoms with Gasteiger partial charge in [0.2, 0.25) is 5.91 Å². The topological polar surface area (TPSA) is 140 Å². The first-order chi connectivity index (χ1) is 15.8. The van der Waals surface area contributed by atoms with Crippen LogP contribution in [0.3, 0.4) is 0 Å². The van der Waals surface area contributed by atoms with E-state index in [0.717, 1.165) is 5.56 Å². The number of hydrogen-bond acceptors (Lipinski definition) is 6. The van der Waals surface area contributed by atoms with E-state index in [-0.39, 0.29) is 36.6 Å². The zero-order valence-electron chi connectivity index (χ0n) is 18.4. The fourth-order valence-corrected chi connectivity index (χ4v) is 3.75. The van der Waals surface area contributed by atoms with Crippen molar-refractivity contribution < 1.29 is 33.7 Å². The molecule has 0 spiro atoms. The molecule has 1 heterocycles. The number of nitrogens with one attached hydrogen (secondary N) is 1. The number of primary amides is 1. The molecule has 3 amide bonds. The lowest BCUT2D eigenvalue weighted by Crippen LogP contribution is -2.40. The van der Waals surface area contributed by atoms with E-state index in [1.807, 2.05) is 0 Å². The van der Waals surface area contributed by atoms with Crippen LogP contribution in [0.2, 0.25) is 0 Å². The molecule has 4 N–H and O–H groups in total. The lowest BCUT2D eigenvalue weighted by Gasteiger charge is -2.25. The lowest BCUT2D eigenvalue weighted by atomic mass is 10.1. The number of rotatable bonds is 9. The molecule has 2 atom stereocenters. The summed E-state index contributed by atoms with van der Waals surface area (Å²) in [6.45, 7) is 0.697. The Morgan fingerprint density at radius 2 is 1.88 bits per heavy atom. The predicted molar refractivity (Wildman–Crippen MR) is 120 cm³/mol. The number of ether oxygens (including phenoxy) is 3. The molecule has 0 aromatic heterocycles. The number of nitrogens with zero attached hydrogens (tertiary/aromatic N) is 1. The van der Waals surface area contributed by atoms with Gasteiger partial charge in [-0.1, -0.05) is 6.07 Å². The minimum absolute atomic E-state index is 0.0953. The Morgan fingerprint density at radius 3 is 2.48 bits per heavy atom. The van der Waals surface area contributed by atoms with Crippen molar-refractivity contribution in [1.82, 2.24) is 4.90 Å². The van der Waals surface area contributed by atoms with Gasteiger partial charge in [0.15, 0.2) is 0 Å². The molecule has 0 saturated carbocycles. The van der Waals surface area contributed by atoms with Crippen LogP contribution in [-0.4, -0.2) is 67.4 Å². The summed E-state index contributed by atoms with van der Waals surface area (Å²) in [4.78, 5) is 37.0. The maximum absolute atomic E-state index is 13.1. The smallest absolute Gasteiger partial charge is 0.335 e. The van der Waals surface area contributed by atoms with Crippen molar-refractivity contribution in [1.29, 1.82) is 0 Å². The largest absolute Gasteiger partial charge is 0.495 e. The molecule has 0 unspecified atom stereocenters. The molecule has 10 heteroatoms. The number of likely N-dealkylation sites (tertiary alicyclic amines) is 1. The maximum Gasteiger partial charge on any atom is 0.335 e. The van der Waals surface area contributed by atoms with Gasteiger partial charge >= 0.3 is 12.0 Å². The third kappa shape index (κ3) is 6.13. The molecule has 33 heavy (non-hydrogen) atoms. The third-order valence-electron chi connectivity index (χ3n) is 5.45. The molecule has 1 aliphatic heterocycles. The number of aromatic carboxylic acids is 1. The highest BCUT2D eigenvalue weighted by Crippen LogP contribution is 2.27. The van der Waals surface area contributed by atoms with Gasteiger partial charge in [0.05, 0.1) is 36.9 Å². The standard InChI is InChI=1S/C23H27N3O7/c1-31-18-11-16(13-33-17-6-4-15(5-7-17)22(28)29)26(12-18)21(27)10-14-3-8-19(25-23(24)30)20(9-14)32-2/h3-9,16,18H,10-13H2,1-2H3,(H,28,29)(H3,24,25,30)/t16-,18-/m0/s1. The monoisotopic (exact) mass is 457 g/mol. The van der Waals surface area contributed by atoms with Crippen LogP contribution >= 0.6 is 0 Å². The number of anilines is 1. The molecular weight excluding hydrogens is 430 g/mol. The first-order valence-corrected chi connectivity index (χ1v) is 10.3. The van der Waals surface area contributed by atoms with Gasteiger partial charge in [0.1, 0.15) is 18.1 Å². The summed E-state index contributed by atoms with van der Waals surface area (Å²) in [6.07, 6.45) is 0.654. The number of carbonyl (C=O) groups excluding carboxylic acids is 2. The molecule has 10 nitrogen and oxygen atoms in total. The van der Waals surface area contributed by atoms with Gasteiger partial charge in [-0.15, -0.1) is 0 Å². The molecule has 3 rings (SSSR count). The molecule has 0 radical (unpaired) electrons. The van der Waals surface area contributed by atoms with Gasteiger partial charge < -0.3 is 35.3 Å². The van der Waals surface area contributed by atoms with Crippen LogP contribution in [-0.2, 0) is 16.0 Å². The first-order valence-electron chi connectivity index (χ1n) is 10.3. The van der Waals surface area contributed by atoms with Crippen LogP contribution in [0, 0.1) is 0 Å². The number of amides is 3. The summed E-state index contributed by atoms with van der Waals surface area (Å²) < 4.78 is 16.6. The van der Waals surface area contributed by atoms with Crippen molar-refractivity contribution in [2.45, 2.75) is 25.0 Å². The zero-order chi connectivity index (χ0) is 24.0. The van der Waals surface area contributed by atoms with Crippen LogP contribution in [0.5, 0.6) is 11.5 Å². The molecule has 176 valence electrons. The summed E-state index contributed by atoms with van der Waals surface area (Å²) in [5.41, 5.74) is 6.48. The average molecular weight is 457 g/mol. The van der Waals surface area contributed by atoms with E-state index in [2.05, 4.69) is 5.32 Å². The molecule has 0 bridgehead atoms. The Hall–Kier alpha value is -3.79. The van der Waals surface area contributed by atoms with Crippen molar-refractivity contribution in [3.05, 3.63) is 53.6 Å². The van der Waals surface area contributed by atoms with Gasteiger partial charge in [-0.05, 0) is 48.4 Å². The van der Waals surface area contributed by atoms with Crippen molar-refractivity contribution in [2.24, 2.45) is 5.73 Å². The highest BCUT2D eigenvalue weighted by Gasteiger charge is 2.35. The number of carboxylic acid groups (broad SMARTS) is 1. The van der Waals surface area contributed by atoms with E-state index in [1.54, 1.807) is 42.3 Å². The van der Waals surface area contributed by atoms with Crippen LogP contribution in [0.4, 0.5) is 10.5 Å². The summed E-state index contributed by atoms with van der Waals surface area (Å²) in [6, 6.07) is 10.3. The van der Waals surface area contributed by atoms with E-state index in [0.29, 0.717) is 30.2 Å². The number of carboxylic acids is 1. The number of urea groups is 1. The fraction of sp³-hybridized carbons (Fsp3) is 0.348. The third-order valence-corrected chi connectivity index (χ3v) is 5.45. The Kier molecular flexibility index (Phi) is 7.73. The van der Waals surface area contributed by atoms with Gasteiger partial charge in [-0.3, -0.25) is 4.79 Å². The van der Waals surface area contributed by atoms with Crippen LogP contribution in [0.15, 0.2) is 42.5 Å². The van der Waals surface area contributed by atoms with Crippen LogP contribution in [0.25, 0.3) is 0 Å². The first kappa shape index (κ1) is 23.9. The number of nitrogens with two attached hydrogens (primary N) is 1. The minimum atomic E-state index is -1.01. The number of benzene rings is 2. The molecule has 0 aliphatic carbocycles. The quantitative estimate of drug-likeness (QED) is 0.524. The second-order valence-corrected chi connectivity index (χ2v) is 7.63. The van der Waals surface area contributed by atoms with E-state index in [1.165, 1.54) is 19.2 Å². The Labute approximate surface area is 191 Å². The molecular formula is C23H27N3O7.